The van der Waals surface area contributed by atoms with Crippen LogP contribution in [0, 0.1) is 11.3 Å². The molecule has 0 atom stereocenters. The first-order valence-electron chi connectivity index (χ1n) is 10.7. The van der Waals surface area contributed by atoms with Gasteiger partial charge < -0.3 is 14.5 Å². The molecule has 0 aliphatic carbocycles. The van der Waals surface area contributed by atoms with Gasteiger partial charge in [0.15, 0.2) is 0 Å². The van der Waals surface area contributed by atoms with Gasteiger partial charge in [-0.25, -0.2) is 9.78 Å². The van der Waals surface area contributed by atoms with Crippen molar-refractivity contribution in [3.63, 3.8) is 0 Å². The van der Waals surface area contributed by atoms with Crippen LogP contribution < -0.4 is 15.7 Å². The van der Waals surface area contributed by atoms with Gasteiger partial charge in [0, 0.05) is 22.7 Å². The summed E-state index contributed by atoms with van der Waals surface area (Å²) in [6, 6.07) is 23.1. The summed E-state index contributed by atoms with van der Waals surface area (Å²) >= 11 is 1.30. The molecule has 0 spiro atoms. The number of ether oxygens (including phenoxy) is 1. The van der Waals surface area contributed by atoms with E-state index in [-0.39, 0.29) is 0 Å². The van der Waals surface area contributed by atoms with Gasteiger partial charge in [0.05, 0.1) is 17.9 Å². The summed E-state index contributed by atoms with van der Waals surface area (Å²) < 4.78 is 11.0. The molecule has 0 bridgehead atoms. The fraction of sp³-hybridized carbons (Fsp3) is 0.0741. The largest absolute Gasteiger partial charge is 0.494 e. The van der Waals surface area contributed by atoms with Crippen LogP contribution in [0.25, 0.3) is 38.6 Å². The molecule has 2 aromatic heterocycles. The number of nitrogens with zero attached hydrogens (tertiary/aromatic N) is 2. The zero-order valence-corrected chi connectivity index (χ0v) is 19.1. The van der Waals surface area contributed by atoms with Crippen molar-refractivity contribution < 1.29 is 9.15 Å². The number of anilines is 1. The molecule has 0 aliphatic heterocycles. The molecule has 3 aromatic carbocycles. The minimum atomic E-state index is -0.463. The molecule has 0 fully saturated rings. The van der Waals surface area contributed by atoms with Gasteiger partial charge in [0.2, 0.25) is 0 Å². The maximum Gasteiger partial charge on any atom is 0.345 e. The number of hydrogen-bond acceptors (Lipinski definition) is 7. The topological polar surface area (TPSA) is 88.2 Å². The van der Waals surface area contributed by atoms with Crippen molar-refractivity contribution in [2.45, 2.75) is 6.92 Å². The molecule has 34 heavy (non-hydrogen) atoms. The van der Waals surface area contributed by atoms with Crippen molar-refractivity contribution >= 4 is 44.3 Å². The summed E-state index contributed by atoms with van der Waals surface area (Å²) in [6.07, 6.45) is 1.61. The van der Waals surface area contributed by atoms with Crippen LogP contribution in [0.15, 0.2) is 87.5 Å². The standard InChI is InChI=1S/C27H19N3O3S/c1-2-32-20-10-8-19(9-11-20)29-15-18(14-28)26-30-24(16-34-26)23-13-22-21-6-4-3-5-17(21)7-12-25(22)33-27(23)31/h3-13,15-16,29H,2H2,1H3. The van der Waals surface area contributed by atoms with Gasteiger partial charge in [0.1, 0.15) is 28.0 Å². The molecule has 0 radical (unpaired) electrons. The predicted octanol–water partition coefficient (Wildman–Crippen LogP) is 6.44. The molecular weight excluding hydrogens is 446 g/mol. The number of allylic oxidation sites excluding steroid dienone is 1. The molecule has 0 aliphatic rings. The van der Waals surface area contributed by atoms with E-state index >= 15 is 0 Å². The Morgan fingerprint density at radius 1 is 1.15 bits per heavy atom. The lowest BCUT2D eigenvalue weighted by molar-refractivity contribution is 0.340. The SMILES string of the molecule is CCOc1ccc(NC=C(C#N)c2nc(-c3cc4c(ccc5ccccc54)oc3=O)cs2)cc1. The molecule has 6 nitrogen and oxygen atoms in total. The number of nitriles is 1. The van der Waals surface area contributed by atoms with Gasteiger partial charge in [-0.1, -0.05) is 30.3 Å². The smallest absolute Gasteiger partial charge is 0.345 e. The summed E-state index contributed by atoms with van der Waals surface area (Å²) in [7, 11) is 0. The maximum absolute atomic E-state index is 12.7. The second-order valence-electron chi connectivity index (χ2n) is 7.46. The first-order valence-corrected chi connectivity index (χ1v) is 11.6. The van der Waals surface area contributed by atoms with E-state index in [0.29, 0.717) is 34.0 Å². The lowest BCUT2D eigenvalue weighted by atomic mass is 10.0. The summed E-state index contributed by atoms with van der Waals surface area (Å²) in [5, 5.41) is 18.0. The molecule has 0 saturated heterocycles. The van der Waals surface area contributed by atoms with Crippen LogP contribution in [0.2, 0.25) is 0 Å². The van der Waals surface area contributed by atoms with Gasteiger partial charge in [-0.05, 0) is 54.1 Å². The second-order valence-corrected chi connectivity index (χ2v) is 8.31. The third-order valence-electron chi connectivity index (χ3n) is 5.32. The number of fused-ring (bicyclic) bond motifs is 3. The molecule has 2 heterocycles. The minimum absolute atomic E-state index is 0.362. The normalized spacial score (nSPS) is 11.5. The highest BCUT2D eigenvalue weighted by Gasteiger charge is 2.15. The minimum Gasteiger partial charge on any atom is -0.494 e. The van der Waals surface area contributed by atoms with Gasteiger partial charge in [0.25, 0.3) is 0 Å². The number of benzene rings is 3. The van der Waals surface area contributed by atoms with Gasteiger partial charge >= 0.3 is 5.63 Å². The monoisotopic (exact) mass is 465 g/mol. The molecule has 1 N–H and O–H groups in total. The van der Waals surface area contributed by atoms with E-state index in [1.807, 2.05) is 67.6 Å². The van der Waals surface area contributed by atoms with Crippen molar-refractivity contribution in [2.75, 3.05) is 11.9 Å². The Labute approximate surface area is 199 Å². The van der Waals surface area contributed by atoms with Crippen LogP contribution in [0.1, 0.15) is 11.9 Å². The third kappa shape index (κ3) is 4.15. The predicted molar refractivity (Wildman–Crippen MR) is 136 cm³/mol. The number of thiazole rings is 1. The Bertz CT molecular complexity index is 1630. The Balaban J connectivity index is 1.47. The first kappa shape index (κ1) is 21.4. The van der Waals surface area contributed by atoms with Gasteiger partial charge in [-0.15, -0.1) is 11.3 Å². The van der Waals surface area contributed by atoms with E-state index in [9.17, 15) is 10.1 Å². The average molecular weight is 466 g/mol. The van der Waals surface area contributed by atoms with Crippen molar-refractivity contribution in [1.82, 2.24) is 4.98 Å². The highest BCUT2D eigenvalue weighted by Crippen LogP contribution is 2.30. The van der Waals surface area contributed by atoms with Crippen molar-refractivity contribution in [2.24, 2.45) is 0 Å². The zero-order chi connectivity index (χ0) is 23.5. The van der Waals surface area contributed by atoms with E-state index in [4.69, 9.17) is 9.15 Å². The van der Waals surface area contributed by atoms with E-state index in [0.717, 1.165) is 27.6 Å². The lowest BCUT2D eigenvalue weighted by Crippen LogP contribution is -2.03. The average Bonchev–Trinajstić information content (AvgIpc) is 3.35. The fourth-order valence-electron chi connectivity index (χ4n) is 3.68. The Kier molecular flexibility index (Phi) is 5.81. The summed E-state index contributed by atoms with van der Waals surface area (Å²) in [5.74, 6) is 0.782. The maximum atomic E-state index is 12.7. The number of hydrogen-bond donors (Lipinski definition) is 1. The number of aromatic nitrogens is 1. The van der Waals surface area contributed by atoms with Crippen LogP contribution in [-0.2, 0) is 0 Å². The van der Waals surface area contributed by atoms with E-state index in [1.165, 1.54) is 11.3 Å². The molecular formula is C27H19N3O3S. The summed E-state index contributed by atoms with van der Waals surface area (Å²) in [5.41, 5.74) is 2.08. The number of nitrogens with one attached hydrogen (secondary N) is 1. The number of rotatable bonds is 6. The van der Waals surface area contributed by atoms with Gasteiger partial charge in [-0.3, -0.25) is 0 Å². The molecule has 5 aromatic rings. The molecule has 0 unspecified atom stereocenters. The second kappa shape index (κ2) is 9.22. The fourth-order valence-corrected chi connectivity index (χ4v) is 4.47. The highest BCUT2D eigenvalue weighted by molar-refractivity contribution is 7.11. The van der Waals surface area contributed by atoms with E-state index < -0.39 is 5.63 Å². The van der Waals surface area contributed by atoms with E-state index in [1.54, 1.807) is 17.6 Å². The third-order valence-corrected chi connectivity index (χ3v) is 6.20. The lowest BCUT2D eigenvalue weighted by Gasteiger charge is -2.05. The van der Waals surface area contributed by atoms with Crippen molar-refractivity contribution in [3.05, 3.63) is 93.7 Å². The van der Waals surface area contributed by atoms with Crippen LogP contribution in [0.3, 0.4) is 0 Å². The van der Waals surface area contributed by atoms with Crippen LogP contribution >= 0.6 is 11.3 Å². The zero-order valence-electron chi connectivity index (χ0n) is 18.2. The van der Waals surface area contributed by atoms with Crippen molar-refractivity contribution in [3.8, 4) is 23.1 Å². The molecule has 7 heteroatoms. The van der Waals surface area contributed by atoms with Crippen LogP contribution in [0.4, 0.5) is 5.69 Å². The first-order chi connectivity index (χ1) is 16.7. The molecule has 5 rings (SSSR count). The van der Waals surface area contributed by atoms with E-state index in [2.05, 4.69) is 16.4 Å². The molecule has 0 amide bonds. The molecule has 166 valence electrons. The Morgan fingerprint density at radius 2 is 1.97 bits per heavy atom. The van der Waals surface area contributed by atoms with Crippen molar-refractivity contribution in [1.29, 1.82) is 5.26 Å². The summed E-state index contributed by atoms with van der Waals surface area (Å²) in [4.78, 5) is 17.3. The van der Waals surface area contributed by atoms with Crippen LogP contribution in [-0.4, -0.2) is 11.6 Å². The highest BCUT2D eigenvalue weighted by atomic mass is 32.1. The quantitative estimate of drug-likeness (QED) is 0.176. The Hall–Kier alpha value is -4.41. The Morgan fingerprint density at radius 3 is 2.76 bits per heavy atom. The van der Waals surface area contributed by atoms with Crippen LogP contribution in [0.5, 0.6) is 5.75 Å². The molecule has 0 saturated carbocycles. The summed E-state index contributed by atoms with van der Waals surface area (Å²) in [6.45, 7) is 2.53. The van der Waals surface area contributed by atoms with Gasteiger partial charge in [-0.2, -0.15) is 5.26 Å².